The van der Waals surface area contributed by atoms with E-state index in [1.807, 2.05) is 0 Å². The molecule has 1 aromatic carbocycles. The van der Waals surface area contributed by atoms with Gasteiger partial charge in [0.25, 0.3) is 0 Å². The van der Waals surface area contributed by atoms with Gasteiger partial charge in [-0.25, -0.2) is 9.18 Å². The van der Waals surface area contributed by atoms with Crippen molar-refractivity contribution in [2.75, 3.05) is 0 Å². The molecule has 2 rings (SSSR count). The third-order valence-corrected chi connectivity index (χ3v) is 2.73. The molecule has 0 atom stereocenters. The molecule has 94 valence electrons. The average molecular weight is 249 g/mol. The van der Waals surface area contributed by atoms with Gasteiger partial charge >= 0.3 is 5.97 Å². The van der Waals surface area contributed by atoms with E-state index in [0.717, 1.165) is 0 Å². The first-order chi connectivity index (χ1) is 8.54. The molecule has 2 aromatic rings. The van der Waals surface area contributed by atoms with Gasteiger partial charge in [0.1, 0.15) is 17.1 Å². The van der Waals surface area contributed by atoms with Crippen molar-refractivity contribution in [2.45, 2.75) is 20.3 Å². The average Bonchev–Trinajstić information content (AvgIpc) is 2.76. The molecule has 0 saturated carbocycles. The van der Waals surface area contributed by atoms with Crippen LogP contribution in [0.2, 0.25) is 0 Å². The number of aromatic carboxylic acids is 1. The molecule has 0 bridgehead atoms. The summed E-state index contributed by atoms with van der Waals surface area (Å²) in [5, 5.41) is 12.9. The van der Waals surface area contributed by atoms with Crippen molar-refractivity contribution in [1.29, 1.82) is 0 Å². The third kappa shape index (κ3) is 1.99. The first-order valence-electron chi connectivity index (χ1n) is 5.53. The van der Waals surface area contributed by atoms with Gasteiger partial charge in [-0.2, -0.15) is 0 Å². The molecule has 0 aliphatic rings. The van der Waals surface area contributed by atoms with Gasteiger partial charge in [-0.05, 0) is 30.7 Å². The second-order valence-corrected chi connectivity index (χ2v) is 3.95. The summed E-state index contributed by atoms with van der Waals surface area (Å²) in [5.74, 6) is -1.11. The predicted octanol–water partition coefficient (Wildman–Crippen LogP) is 3.05. The maximum absolute atomic E-state index is 13.2. The number of aromatic nitrogens is 1. The van der Waals surface area contributed by atoms with E-state index >= 15 is 0 Å². The van der Waals surface area contributed by atoms with Crippen LogP contribution in [0.1, 0.15) is 28.6 Å². The van der Waals surface area contributed by atoms with Gasteiger partial charge in [-0.3, -0.25) is 0 Å². The van der Waals surface area contributed by atoms with Gasteiger partial charge in [0.2, 0.25) is 0 Å². The summed E-state index contributed by atoms with van der Waals surface area (Å²) >= 11 is 0. The normalized spacial score (nSPS) is 10.6. The van der Waals surface area contributed by atoms with Gasteiger partial charge in [-0.1, -0.05) is 12.1 Å². The number of nitrogens with zero attached hydrogens (tertiary/aromatic N) is 1. The maximum atomic E-state index is 13.2. The molecule has 0 amide bonds. The van der Waals surface area contributed by atoms with Gasteiger partial charge in [-0.15, -0.1) is 0 Å². The molecular weight excluding hydrogens is 237 g/mol. The minimum atomic E-state index is -1.09. The molecule has 4 nitrogen and oxygen atoms in total. The van der Waals surface area contributed by atoms with Crippen molar-refractivity contribution in [3.05, 3.63) is 40.9 Å². The molecule has 1 N–H and O–H groups in total. The monoisotopic (exact) mass is 249 g/mol. The van der Waals surface area contributed by atoms with Crippen LogP contribution in [0.15, 0.2) is 22.7 Å². The van der Waals surface area contributed by atoms with E-state index in [2.05, 4.69) is 5.16 Å². The number of carboxylic acids is 1. The van der Waals surface area contributed by atoms with Gasteiger partial charge in [0, 0.05) is 12.0 Å². The fourth-order valence-corrected chi connectivity index (χ4v) is 1.78. The molecule has 0 fully saturated rings. The standard InChI is InChI=1S/C13H12FNO3/c1-3-10-11(13(16)17)12(15-18-10)8-4-5-9(14)7(2)6-8/h4-6H,3H2,1-2H3,(H,16,17). The number of hydrogen-bond donors (Lipinski definition) is 1. The molecule has 0 unspecified atom stereocenters. The van der Waals surface area contributed by atoms with E-state index in [1.54, 1.807) is 19.9 Å². The van der Waals surface area contributed by atoms with Crippen LogP contribution in [0.25, 0.3) is 11.3 Å². The maximum Gasteiger partial charge on any atom is 0.341 e. The minimum Gasteiger partial charge on any atom is -0.477 e. The predicted molar refractivity (Wildman–Crippen MR) is 63.0 cm³/mol. The summed E-state index contributed by atoms with van der Waals surface area (Å²) < 4.78 is 18.2. The Morgan fingerprint density at radius 1 is 1.50 bits per heavy atom. The number of carboxylic acid groups (broad SMARTS) is 1. The van der Waals surface area contributed by atoms with Crippen LogP contribution >= 0.6 is 0 Å². The number of aryl methyl sites for hydroxylation is 2. The lowest BCUT2D eigenvalue weighted by Gasteiger charge is -2.01. The van der Waals surface area contributed by atoms with Crippen LogP contribution in [0.4, 0.5) is 4.39 Å². The fourth-order valence-electron chi connectivity index (χ4n) is 1.78. The molecule has 0 aliphatic carbocycles. The Hall–Kier alpha value is -2.17. The molecule has 18 heavy (non-hydrogen) atoms. The molecule has 5 heteroatoms. The topological polar surface area (TPSA) is 63.3 Å². The first kappa shape index (κ1) is 12.3. The second-order valence-electron chi connectivity index (χ2n) is 3.95. The second kappa shape index (κ2) is 4.60. The van der Waals surface area contributed by atoms with Crippen molar-refractivity contribution in [1.82, 2.24) is 5.16 Å². The molecular formula is C13H12FNO3. The highest BCUT2D eigenvalue weighted by atomic mass is 19.1. The van der Waals surface area contributed by atoms with Gasteiger partial charge < -0.3 is 9.63 Å². The van der Waals surface area contributed by atoms with E-state index in [4.69, 9.17) is 4.52 Å². The van der Waals surface area contributed by atoms with Crippen LogP contribution in [-0.2, 0) is 6.42 Å². The van der Waals surface area contributed by atoms with Crippen LogP contribution in [0, 0.1) is 12.7 Å². The zero-order valence-corrected chi connectivity index (χ0v) is 10.0. The summed E-state index contributed by atoms with van der Waals surface area (Å²) in [6.45, 7) is 3.40. The summed E-state index contributed by atoms with van der Waals surface area (Å²) in [6.07, 6.45) is 0.439. The van der Waals surface area contributed by atoms with Crippen molar-refractivity contribution in [3.63, 3.8) is 0 Å². The van der Waals surface area contributed by atoms with E-state index < -0.39 is 5.97 Å². The Balaban J connectivity index is 2.60. The molecule has 1 heterocycles. The minimum absolute atomic E-state index is 0.0449. The highest BCUT2D eigenvalue weighted by Crippen LogP contribution is 2.27. The lowest BCUT2D eigenvalue weighted by molar-refractivity contribution is 0.0695. The van der Waals surface area contributed by atoms with E-state index in [9.17, 15) is 14.3 Å². The highest BCUT2D eigenvalue weighted by molar-refractivity contribution is 5.95. The zero-order chi connectivity index (χ0) is 13.3. The van der Waals surface area contributed by atoms with Crippen molar-refractivity contribution >= 4 is 5.97 Å². The van der Waals surface area contributed by atoms with Crippen molar-refractivity contribution < 1.29 is 18.8 Å². The van der Waals surface area contributed by atoms with E-state index in [0.29, 0.717) is 23.3 Å². The first-order valence-corrected chi connectivity index (χ1v) is 5.53. The molecule has 0 aliphatic heterocycles. The molecule has 0 radical (unpaired) electrons. The quantitative estimate of drug-likeness (QED) is 0.908. The van der Waals surface area contributed by atoms with Gasteiger partial charge in [0.15, 0.2) is 5.76 Å². The Morgan fingerprint density at radius 2 is 2.22 bits per heavy atom. The lowest BCUT2D eigenvalue weighted by Crippen LogP contribution is -2.01. The molecule has 0 spiro atoms. The summed E-state index contributed by atoms with van der Waals surface area (Å²) in [7, 11) is 0. The Morgan fingerprint density at radius 3 is 2.78 bits per heavy atom. The van der Waals surface area contributed by atoms with Crippen LogP contribution in [0.3, 0.4) is 0 Å². The largest absolute Gasteiger partial charge is 0.477 e. The Kier molecular flexibility index (Phi) is 3.14. The third-order valence-electron chi connectivity index (χ3n) is 2.73. The van der Waals surface area contributed by atoms with Crippen molar-refractivity contribution in [2.24, 2.45) is 0 Å². The van der Waals surface area contributed by atoms with E-state index in [-0.39, 0.29) is 17.1 Å². The Bertz CT molecular complexity index is 604. The number of rotatable bonds is 3. The van der Waals surface area contributed by atoms with Crippen LogP contribution < -0.4 is 0 Å². The lowest BCUT2D eigenvalue weighted by atomic mass is 10.0. The summed E-state index contributed by atoms with van der Waals surface area (Å²) in [6, 6.07) is 4.34. The number of halogens is 1. The van der Waals surface area contributed by atoms with E-state index in [1.165, 1.54) is 12.1 Å². The Labute approximate surface area is 103 Å². The zero-order valence-electron chi connectivity index (χ0n) is 10.0. The highest BCUT2D eigenvalue weighted by Gasteiger charge is 2.22. The number of benzene rings is 1. The van der Waals surface area contributed by atoms with Crippen LogP contribution in [-0.4, -0.2) is 16.2 Å². The van der Waals surface area contributed by atoms with Crippen molar-refractivity contribution in [3.8, 4) is 11.3 Å². The SMILES string of the molecule is CCc1onc(-c2ccc(F)c(C)c2)c1C(=O)O. The number of carbonyl (C=O) groups is 1. The summed E-state index contributed by atoms with van der Waals surface area (Å²) in [5.41, 5.74) is 1.26. The summed E-state index contributed by atoms with van der Waals surface area (Å²) in [4.78, 5) is 11.2. The number of hydrogen-bond acceptors (Lipinski definition) is 3. The van der Waals surface area contributed by atoms with Crippen LogP contribution in [0.5, 0.6) is 0 Å². The molecule has 0 saturated heterocycles. The van der Waals surface area contributed by atoms with Gasteiger partial charge in [0.05, 0.1) is 0 Å². The molecule has 1 aromatic heterocycles. The fraction of sp³-hybridized carbons (Fsp3) is 0.231. The smallest absolute Gasteiger partial charge is 0.341 e.